The SMILES string of the molecule is CC1(N2C=COC2)CNCCN1C(=O)O. The zero-order valence-electron chi connectivity index (χ0n) is 8.64. The third kappa shape index (κ3) is 1.61. The van der Waals surface area contributed by atoms with Gasteiger partial charge in [0.05, 0.1) is 0 Å². The van der Waals surface area contributed by atoms with Crippen molar-refractivity contribution in [1.82, 2.24) is 15.1 Å². The van der Waals surface area contributed by atoms with Crippen molar-refractivity contribution in [2.45, 2.75) is 12.6 Å². The quantitative estimate of drug-likeness (QED) is 0.644. The maximum absolute atomic E-state index is 11.1. The van der Waals surface area contributed by atoms with Crippen molar-refractivity contribution >= 4 is 6.09 Å². The number of nitrogens with one attached hydrogen (secondary N) is 1. The van der Waals surface area contributed by atoms with E-state index in [1.54, 1.807) is 12.5 Å². The second-order valence-corrected chi connectivity index (χ2v) is 3.88. The number of rotatable bonds is 1. The first kappa shape index (κ1) is 10.1. The largest absolute Gasteiger partial charge is 0.479 e. The molecule has 0 aromatic heterocycles. The maximum Gasteiger partial charge on any atom is 0.409 e. The first-order valence-electron chi connectivity index (χ1n) is 4.91. The number of hydrogen-bond acceptors (Lipinski definition) is 4. The smallest absolute Gasteiger partial charge is 0.409 e. The second-order valence-electron chi connectivity index (χ2n) is 3.88. The first-order chi connectivity index (χ1) is 7.14. The van der Waals surface area contributed by atoms with Crippen molar-refractivity contribution in [2.75, 3.05) is 26.4 Å². The molecule has 6 nitrogen and oxygen atoms in total. The normalized spacial score (nSPS) is 30.5. The van der Waals surface area contributed by atoms with E-state index in [1.807, 2.05) is 11.8 Å². The Morgan fingerprint density at radius 3 is 3.07 bits per heavy atom. The lowest BCUT2D eigenvalue weighted by molar-refractivity contribution is -0.0426. The van der Waals surface area contributed by atoms with Crippen molar-refractivity contribution in [3.05, 3.63) is 12.5 Å². The Morgan fingerprint density at radius 2 is 2.47 bits per heavy atom. The third-order valence-corrected chi connectivity index (χ3v) is 2.95. The van der Waals surface area contributed by atoms with Crippen molar-refractivity contribution < 1.29 is 14.6 Å². The molecule has 0 aromatic carbocycles. The van der Waals surface area contributed by atoms with Crippen LogP contribution in [0.1, 0.15) is 6.92 Å². The van der Waals surface area contributed by atoms with E-state index < -0.39 is 11.8 Å². The molecule has 84 valence electrons. The molecular formula is C9H15N3O3. The van der Waals surface area contributed by atoms with Crippen molar-refractivity contribution in [3.8, 4) is 0 Å². The van der Waals surface area contributed by atoms with Gasteiger partial charge in [0.1, 0.15) is 11.9 Å². The highest BCUT2D eigenvalue weighted by atomic mass is 16.5. The minimum absolute atomic E-state index is 0.405. The van der Waals surface area contributed by atoms with Crippen LogP contribution in [0.3, 0.4) is 0 Å². The summed E-state index contributed by atoms with van der Waals surface area (Å²) < 4.78 is 5.10. The van der Waals surface area contributed by atoms with Crippen molar-refractivity contribution in [1.29, 1.82) is 0 Å². The Bertz CT molecular complexity index is 294. The van der Waals surface area contributed by atoms with Gasteiger partial charge in [-0.3, -0.25) is 4.90 Å². The second kappa shape index (κ2) is 3.62. The molecule has 1 unspecified atom stereocenters. The molecule has 2 N–H and O–H groups in total. The van der Waals surface area contributed by atoms with Gasteiger partial charge in [-0.1, -0.05) is 0 Å². The summed E-state index contributed by atoms with van der Waals surface area (Å²) in [5.41, 5.74) is -0.558. The van der Waals surface area contributed by atoms with Gasteiger partial charge in [0.15, 0.2) is 6.73 Å². The first-order valence-corrected chi connectivity index (χ1v) is 4.91. The van der Waals surface area contributed by atoms with Gasteiger partial charge in [0, 0.05) is 25.8 Å². The van der Waals surface area contributed by atoms with Crippen molar-refractivity contribution in [2.24, 2.45) is 0 Å². The monoisotopic (exact) mass is 213 g/mol. The van der Waals surface area contributed by atoms with E-state index in [2.05, 4.69) is 5.32 Å². The van der Waals surface area contributed by atoms with Gasteiger partial charge in [-0.15, -0.1) is 0 Å². The van der Waals surface area contributed by atoms with Crippen LogP contribution in [-0.4, -0.2) is 53.0 Å². The van der Waals surface area contributed by atoms with Crippen LogP contribution >= 0.6 is 0 Å². The summed E-state index contributed by atoms with van der Waals surface area (Å²) in [6.07, 6.45) is 2.47. The number of hydrogen-bond donors (Lipinski definition) is 2. The van der Waals surface area contributed by atoms with E-state index >= 15 is 0 Å². The van der Waals surface area contributed by atoms with Gasteiger partial charge >= 0.3 is 6.09 Å². The molecule has 2 aliphatic heterocycles. The molecule has 1 fully saturated rings. The maximum atomic E-state index is 11.1. The molecule has 1 saturated heterocycles. The third-order valence-electron chi connectivity index (χ3n) is 2.95. The molecule has 0 radical (unpaired) electrons. The van der Waals surface area contributed by atoms with Crippen LogP contribution in [0.2, 0.25) is 0 Å². The molecule has 15 heavy (non-hydrogen) atoms. The zero-order valence-corrected chi connectivity index (χ0v) is 8.64. The van der Waals surface area contributed by atoms with Gasteiger partial charge in [0.2, 0.25) is 0 Å². The Morgan fingerprint density at radius 1 is 1.67 bits per heavy atom. The van der Waals surface area contributed by atoms with E-state index in [4.69, 9.17) is 9.84 Å². The fourth-order valence-electron chi connectivity index (χ4n) is 1.99. The molecule has 2 rings (SSSR count). The Balaban J connectivity index is 2.20. The highest BCUT2D eigenvalue weighted by molar-refractivity contribution is 5.66. The fourth-order valence-corrected chi connectivity index (χ4v) is 1.99. The molecule has 6 heteroatoms. The minimum atomic E-state index is -0.890. The Labute approximate surface area is 88.1 Å². The molecule has 0 aliphatic carbocycles. The highest BCUT2D eigenvalue weighted by Crippen LogP contribution is 2.24. The van der Waals surface area contributed by atoms with Crippen LogP contribution in [-0.2, 0) is 4.74 Å². The summed E-state index contributed by atoms with van der Waals surface area (Å²) in [7, 11) is 0. The van der Waals surface area contributed by atoms with Gasteiger partial charge in [-0.25, -0.2) is 4.79 Å². The molecule has 2 aliphatic rings. The fraction of sp³-hybridized carbons (Fsp3) is 0.667. The number of amides is 1. The number of carbonyl (C=O) groups is 1. The average molecular weight is 213 g/mol. The molecular weight excluding hydrogens is 198 g/mol. The molecule has 1 atom stereocenters. The van der Waals surface area contributed by atoms with Crippen LogP contribution in [0.4, 0.5) is 4.79 Å². The number of carboxylic acid groups (broad SMARTS) is 1. The summed E-state index contributed by atoms with van der Waals surface area (Å²) in [4.78, 5) is 14.5. The van der Waals surface area contributed by atoms with Crippen LogP contribution in [0.15, 0.2) is 12.5 Å². The number of nitrogens with zero attached hydrogens (tertiary/aromatic N) is 2. The molecule has 0 spiro atoms. The van der Waals surface area contributed by atoms with Crippen LogP contribution in [0.25, 0.3) is 0 Å². The average Bonchev–Trinajstić information content (AvgIpc) is 2.71. The van der Waals surface area contributed by atoms with Gasteiger partial charge in [-0.05, 0) is 6.92 Å². The van der Waals surface area contributed by atoms with Gasteiger partial charge < -0.3 is 20.1 Å². The van der Waals surface area contributed by atoms with Crippen LogP contribution < -0.4 is 5.32 Å². The summed E-state index contributed by atoms with van der Waals surface area (Å²) in [6, 6.07) is 0. The summed E-state index contributed by atoms with van der Waals surface area (Å²) in [5, 5.41) is 12.3. The lowest BCUT2D eigenvalue weighted by Gasteiger charge is -2.48. The predicted octanol–water partition coefficient (Wildman–Crippen LogP) is 0.0467. The minimum Gasteiger partial charge on any atom is -0.479 e. The number of piperazine rings is 1. The molecule has 2 heterocycles. The molecule has 0 bridgehead atoms. The van der Waals surface area contributed by atoms with E-state index in [-0.39, 0.29) is 0 Å². The summed E-state index contributed by atoms with van der Waals surface area (Å²) in [5.74, 6) is 0. The Hall–Kier alpha value is -1.43. The van der Waals surface area contributed by atoms with Crippen LogP contribution in [0, 0.1) is 0 Å². The molecule has 0 aromatic rings. The number of ether oxygens (including phenoxy) is 1. The lowest BCUT2D eigenvalue weighted by atomic mass is 10.1. The van der Waals surface area contributed by atoms with Crippen molar-refractivity contribution in [3.63, 3.8) is 0 Å². The van der Waals surface area contributed by atoms with Gasteiger partial charge in [0.25, 0.3) is 0 Å². The van der Waals surface area contributed by atoms with E-state index in [9.17, 15) is 4.79 Å². The zero-order chi connectivity index (χ0) is 10.9. The van der Waals surface area contributed by atoms with Gasteiger partial charge in [-0.2, -0.15) is 0 Å². The molecule has 1 amide bonds. The summed E-state index contributed by atoms with van der Waals surface area (Å²) in [6.45, 7) is 4.09. The summed E-state index contributed by atoms with van der Waals surface area (Å²) >= 11 is 0. The Kier molecular flexibility index (Phi) is 2.44. The van der Waals surface area contributed by atoms with E-state index in [0.29, 0.717) is 26.4 Å². The van der Waals surface area contributed by atoms with Crippen LogP contribution in [0.5, 0.6) is 0 Å². The predicted molar refractivity (Wildman–Crippen MR) is 52.9 cm³/mol. The standard InChI is InChI=1S/C9H15N3O3/c1-9(11-4-5-15-7-11)6-10-2-3-12(9)8(13)14/h4-5,10H,2-3,6-7H2,1H3,(H,13,14). The van der Waals surface area contributed by atoms with E-state index in [0.717, 1.165) is 0 Å². The lowest BCUT2D eigenvalue weighted by Crippen LogP contribution is -2.67. The highest BCUT2D eigenvalue weighted by Gasteiger charge is 2.42. The molecule has 0 saturated carbocycles. The van der Waals surface area contributed by atoms with E-state index in [1.165, 1.54) is 4.90 Å². The topological polar surface area (TPSA) is 65.0 Å².